The molecule has 500 valence electrons. The smallest absolute Gasteiger partial charge is 1.00 e. The first kappa shape index (κ1) is 86.3. The first-order chi connectivity index (χ1) is 42.0. The maximum atomic E-state index is 10.9. The van der Waals surface area contributed by atoms with Gasteiger partial charge in [-0.05, 0) is 215 Å². The number of nitriles is 1. The van der Waals surface area contributed by atoms with Crippen molar-refractivity contribution < 1.29 is 26.9 Å². The van der Waals surface area contributed by atoms with E-state index < -0.39 is 0 Å². The molecule has 5 aliphatic carbocycles. The molecule has 0 saturated heterocycles. The molecule has 3 unspecified atom stereocenters. The van der Waals surface area contributed by atoms with Gasteiger partial charge in [-0.2, -0.15) is 11.0 Å². The Bertz CT molecular complexity index is 2840. The molecule has 5 aliphatic rings. The van der Waals surface area contributed by atoms with Gasteiger partial charge in [0.25, 0.3) is 0 Å². The molecule has 5 aromatic carbocycles. The molecule has 91 heavy (non-hydrogen) atoms. The number of aliphatic hydroxyl groups is 1. The number of amides is 1. The van der Waals surface area contributed by atoms with E-state index in [-0.39, 0.29) is 81.2 Å². The molecule has 0 radical (unpaired) electrons. The van der Waals surface area contributed by atoms with E-state index in [4.69, 9.17) is 74.1 Å². The fraction of sp³-hybridized carbons (Fsp3) is 0.571. The molecule has 0 aliphatic heterocycles. The van der Waals surface area contributed by atoms with Crippen molar-refractivity contribution in [2.75, 3.05) is 14.2 Å². The summed E-state index contributed by atoms with van der Waals surface area (Å²) < 4.78 is 0. The van der Waals surface area contributed by atoms with Crippen LogP contribution in [0.3, 0.4) is 0 Å². The van der Waals surface area contributed by atoms with Crippen LogP contribution in [0.15, 0.2) is 121 Å². The van der Waals surface area contributed by atoms with E-state index in [0.717, 1.165) is 114 Å². The Morgan fingerprint density at radius 3 is 1.07 bits per heavy atom. The van der Waals surface area contributed by atoms with Gasteiger partial charge >= 0.3 is 23.1 Å². The molecule has 10 rings (SSSR count). The van der Waals surface area contributed by atoms with Crippen LogP contribution in [0, 0.1) is 35.0 Å². The molecule has 5 N–H and O–H groups in total. The average Bonchev–Trinajstić information content (AvgIpc) is 1.69. The summed E-state index contributed by atoms with van der Waals surface area (Å²) in [5.74, 6) is 2.46. The van der Waals surface area contributed by atoms with E-state index in [0.29, 0.717) is 34.9 Å². The zero-order valence-electron chi connectivity index (χ0n) is 56.4. The Kier molecular flexibility index (Phi) is 39.9. The standard InChI is InChI=1S/C16H22ClNO.C16H24ClN.C15H22ClN.C15H19ClN.C11H10ClN.C2H6.CH4O.CH4.BrH.Mg/c1-12(2)10-15(18-11-19)16(8-3-9-16)13-4-6-14(17)7-5-13;1-12(2)11-15(18-3)16(9-4-10-16)13-5-7-14(17)8-6-13;2*1-11(2)10-14(17)15(8-3-9-15)12-4-6-13(16)7-5-12;12-10-4-2-9(3-5-10)11(8-13)6-1-7-11;2*1-2;;;/h4-7,11-12,15H,3,8-10H2,1-2H3,(H,18,19);5-8,12,15,18H,4,9-11H2,1-3H3;4-7,11,14H,3,8-10,17H2,1-2H3;4-7,11H,3,8-10H2,1-2H3;2-5H,1,6-7H2;1-2H3;2H,1H3;1H4;1H;/q;;;-1;;;;;;+2/p-1. The van der Waals surface area contributed by atoms with Crippen molar-refractivity contribution in [3.05, 3.63) is 180 Å². The summed E-state index contributed by atoms with van der Waals surface area (Å²) >= 11 is 29.6. The number of nitrogens with zero attached hydrogens (tertiary/aromatic N) is 2. The minimum absolute atomic E-state index is 0. The van der Waals surface area contributed by atoms with Gasteiger partial charge in [-0.25, -0.2) is 0 Å². The Morgan fingerprint density at radius 1 is 0.516 bits per heavy atom. The topological polar surface area (TPSA) is 133 Å². The normalized spacial score (nSPS) is 17.7. The molecule has 0 heterocycles. The van der Waals surface area contributed by atoms with E-state index >= 15 is 0 Å². The summed E-state index contributed by atoms with van der Waals surface area (Å²) in [5, 5.41) is 37.0. The summed E-state index contributed by atoms with van der Waals surface area (Å²) in [5.41, 5.74) is 13.9. The average molecular weight is 1420 g/mol. The number of carbonyl (C=O) groups is 1. The molecule has 0 aromatic heterocycles. The van der Waals surface area contributed by atoms with Gasteiger partial charge in [0.05, 0.1) is 11.5 Å². The summed E-state index contributed by atoms with van der Waals surface area (Å²) in [6.45, 7) is 21.8. The number of hydrogen-bond acceptors (Lipinski definition) is 5. The number of nitrogens with one attached hydrogen (secondary N) is 2. The summed E-state index contributed by atoms with van der Waals surface area (Å²) in [6.07, 6.45) is 22.7. The molecule has 7 nitrogen and oxygen atoms in total. The third kappa shape index (κ3) is 23.3. The Labute approximate surface area is 604 Å². The van der Waals surface area contributed by atoms with Crippen LogP contribution in [-0.4, -0.2) is 72.6 Å². The predicted octanol–water partition coefficient (Wildman–Crippen LogP) is 18.5. The zero-order chi connectivity index (χ0) is 65.3. The number of rotatable bonds is 20. The number of aliphatic hydroxyl groups excluding tert-OH is 1. The van der Waals surface area contributed by atoms with Crippen molar-refractivity contribution >= 4 is 93.2 Å². The summed E-state index contributed by atoms with van der Waals surface area (Å²) in [4.78, 5) is 10.9. The predicted molar refractivity (Wildman–Crippen MR) is 392 cm³/mol. The first-order valence-corrected chi connectivity index (χ1v) is 34.8. The minimum Gasteiger partial charge on any atom is -1.00 e. The van der Waals surface area contributed by atoms with Crippen LogP contribution in [0.4, 0.5) is 0 Å². The second-order valence-corrected chi connectivity index (χ2v) is 28.9. The molecule has 3 atom stereocenters. The van der Waals surface area contributed by atoms with Crippen LogP contribution in [0.2, 0.25) is 25.1 Å². The Morgan fingerprint density at radius 2 is 0.813 bits per heavy atom. The van der Waals surface area contributed by atoms with Gasteiger partial charge in [-0.1, -0.05) is 227 Å². The van der Waals surface area contributed by atoms with Crippen molar-refractivity contribution in [3.63, 3.8) is 0 Å². The summed E-state index contributed by atoms with van der Waals surface area (Å²) in [7, 11) is 3.10. The van der Waals surface area contributed by atoms with Crippen molar-refractivity contribution in [1.82, 2.24) is 10.6 Å². The van der Waals surface area contributed by atoms with E-state index in [2.05, 4.69) is 128 Å². The third-order valence-corrected chi connectivity index (χ3v) is 20.6. The second kappa shape index (κ2) is 42.1. The van der Waals surface area contributed by atoms with Gasteiger partial charge in [-0.15, -0.1) is 0 Å². The third-order valence-electron chi connectivity index (χ3n) is 19.4. The van der Waals surface area contributed by atoms with Crippen molar-refractivity contribution in [2.45, 2.75) is 244 Å². The fourth-order valence-electron chi connectivity index (χ4n) is 13.8. The molecule has 5 fully saturated rings. The number of hydrogen-bond donors (Lipinski definition) is 4. The van der Waals surface area contributed by atoms with Crippen molar-refractivity contribution in [3.8, 4) is 6.07 Å². The second-order valence-electron chi connectivity index (χ2n) is 26.8. The van der Waals surface area contributed by atoms with Crippen molar-refractivity contribution in [2.24, 2.45) is 29.4 Å². The first-order valence-electron chi connectivity index (χ1n) is 32.9. The molecular formula is C77H111BrCl5MgN5O2. The quantitative estimate of drug-likeness (QED) is 0.0350. The zero-order valence-corrected chi connectivity index (χ0v) is 63.2. The molecule has 1 amide bonds. The van der Waals surface area contributed by atoms with Crippen LogP contribution in [0.1, 0.15) is 226 Å². The van der Waals surface area contributed by atoms with Gasteiger partial charge in [0, 0.05) is 66.6 Å². The number of carbonyl (C=O) groups excluding carboxylic acids is 1. The molecule has 0 spiro atoms. The van der Waals surface area contributed by atoms with Gasteiger partial charge < -0.3 is 43.9 Å². The molecule has 5 aromatic rings. The molecule has 14 heteroatoms. The van der Waals surface area contributed by atoms with E-state index in [9.17, 15) is 10.2 Å². The van der Waals surface area contributed by atoms with Crippen molar-refractivity contribution in [1.29, 1.82) is 5.26 Å². The van der Waals surface area contributed by atoms with Gasteiger partial charge in [0.2, 0.25) is 6.41 Å². The van der Waals surface area contributed by atoms with Crippen LogP contribution >= 0.6 is 58.0 Å². The minimum atomic E-state index is -0.204. The van der Waals surface area contributed by atoms with E-state index in [1.807, 2.05) is 86.6 Å². The molecule has 0 bridgehead atoms. The number of halogens is 6. The van der Waals surface area contributed by atoms with Gasteiger partial charge in [0.1, 0.15) is 0 Å². The van der Waals surface area contributed by atoms with Crippen LogP contribution in [0.5, 0.6) is 0 Å². The van der Waals surface area contributed by atoms with Crippen LogP contribution in [0.25, 0.3) is 5.41 Å². The van der Waals surface area contributed by atoms with Crippen LogP contribution in [-0.2, 0) is 31.9 Å². The number of nitrogens with two attached hydrogens (primary N) is 1. The molecular weight excluding hydrogens is 1310 g/mol. The Balaban J connectivity index is 0.000000558. The number of benzene rings is 5. The maximum Gasteiger partial charge on any atom is 2.00 e. The van der Waals surface area contributed by atoms with Crippen LogP contribution < -0.4 is 33.3 Å². The summed E-state index contributed by atoms with van der Waals surface area (Å²) in [6, 6.07) is 43.9. The Hall–Kier alpha value is -2.69. The fourth-order valence-corrected chi connectivity index (χ4v) is 14.4. The maximum absolute atomic E-state index is 10.9. The largest absolute Gasteiger partial charge is 2.00 e. The van der Waals surface area contributed by atoms with E-state index in [1.54, 1.807) is 0 Å². The molecule has 5 saturated carbocycles. The number of likely N-dealkylation sites (N-methyl/N-ethyl adjacent to an activating group) is 1. The van der Waals surface area contributed by atoms with Gasteiger partial charge in [-0.3, -0.25) is 4.79 Å². The van der Waals surface area contributed by atoms with Gasteiger partial charge in [0.15, 0.2) is 0 Å². The SMILES string of the molecule is C.CC.CC(C)CC(=[N-])C1(c2ccc(Cl)cc2)CCC1.CC(C)CC(N)C1(c2ccc(Cl)cc2)CCC1.CC(C)CC(NC=O)C1(c2ccc(Cl)cc2)CCC1.CNC(CC(C)C)C1(c2ccc(Cl)cc2)CCC1.CO.N#CC1(c2ccc(Cl)cc2)CCC1.[Br-].[Mg+2]. The van der Waals surface area contributed by atoms with E-state index in [1.165, 1.54) is 80.0 Å². The monoisotopic (exact) mass is 1420 g/mol.